The summed E-state index contributed by atoms with van der Waals surface area (Å²) in [5, 5.41) is 0.564. The number of carbonyl (C=O) groups excluding carboxylic acids is 1. The van der Waals surface area contributed by atoms with Crippen LogP contribution in [0.1, 0.15) is 49.9 Å². The molecular formula is C17H24ClNO. The maximum absolute atomic E-state index is 12.2. The van der Waals surface area contributed by atoms with E-state index in [0.717, 1.165) is 19.6 Å². The van der Waals surface area contributed by atoms with Gasteiger partial charge in [0.25, 0.3) is 0 Å². The molecule has 2 rings (SSSR count). The SMILES string of the molecule is CC1(C)CCCN(CCC(=O)c2ccccc2Cl)CC1. The van der Waals surface area contributed by atoms with Crippen LogP contribution < -0.4 is 0 Å². The Balaban J connectivity index is 1.86. The Labute approximate surface area is 127 Å². The minimum atomic E-state index is 0.152. The van der Waals surface area contributed by atoms with Crippen LogP contribution in [0.15, 0.2) is 24.3 Å². The van der Waals surface area contributed by atoms with E-state index in [1.165, 1.54) is 19.3 Å². The van der Waals surface area contributed by atoms with E-state index in [4.69, 9.17) is 11.6 Å². The van der Waals surface area contributed by atoms with Gasteiger partial charge in [0.2, 0.25) is 0 Å². The number of ketones is 1. The maximum atomic E-state index is 12.2. The second-order valence-corrected chi connectivity index (χ2v) is 6.92. The summed E-state index contributed by atoms with van der Waals surface area (Å²) in [5.74, 6) is 0.152. The molecule has 1 saturated heterocycles. The van der Waals surface area contributed by atoms with Crippen LogP contribution in [0.4, 0.5) is 0 Å². The van der Waals surface area contributed by atoms with Gasteiger partial charge in [-0.25, -0.2) is 0 Å². The average Bonchev–Trinajstić information content (AvgIpc) is 2.57. The van der Waals surface area contributed by atoms with Gasteiger partial charge in [-0.3, -0.25) is 4.79 Å². The molecule has 0 aromatic heterocycles. The maximum Gasteiger partial charge on any atom is 0.165 e. The molecule has 0 spiro atoms. The molecular weight excluding hydrogens is 270 g/mol. The van der Waals surface area contributed by atoms with E-state index in [1.807, 2.05) is 18.2 Å². The van der Waals surface area contributed by atoms with Gasteiger partial charge in [-0.15, -0.1) is 0 Å². The molecule has 110 valence electrons. The van der Waals surface area contributed by atoms with Gasteiger partial charge in [-0.05, 0) is 49.9 Å². The molecule has 0 saturated carbocycles. The van der Waals surface area contributed by atoms with Crippen LogP contribution in [0.2, 0.25) is 5.02 Å². The summed E-state index contributed by atoms with van der Waals surface area (Å²) in [7, 11) is 0. The van der Waals surface area contributed by atoms with Gasteiger partial charge in [-0.2, -0.15) is 0 Å². The normalized spacial score (nSPS) is 19.6. The summed E-state index contributed by atoms with van der Waals surface area (Å²) in [6.07, 6.45) is 4.28. The number of carbonyl (C=O) groups is 1. The molecule has 1 aromatic carbocycles. The van der Waals surface area contributed by atoms with Gasteiger partial charge >= 0.3 is 0 Å². The Morgan fingerprint density at radius 3 is 2.75 bits per heavy atom. The van der Waals surface area contributed by atoms with Crippen molar-refractivity contribution in [1.29, 1.82) is 0 Å². The van der Waals surface area contributed by atoms with Crippen molar-refractivity contribution in [3.05, 3.63) is 34.9 Å². The molecule has 0 bridgehead atoms. The molecule has 20 heavy (non-hydrogen) atoms. The molecule has 0 radical (unpaired) electrons. The van der Waals surface area contributed by atoms with Crippen molar-refractivity contribution in [2.45, 2.75) is 39.5 Å². The van der Waals surface area contributed by atoms with Crippen LogP contribution in [0.5, 0.6) is 0 Å². The average molecular weight is 294 g/mol. The molecule has 0 atom stereocenters. The number of rotatable bonds is 4. The van der Waals surface area contributed by atoms with Crippen molar-refractivity contribution in [2.24, 2.45) is 5.41 Å². The molecule has 1 aliphatic rings. The van der Waals surface area contributed by atoms with Crippen LogP contribution in [0.3, 0.4) is 0 Å². The minimum Gasteiger partial charge on any atom is -0.303 e. The quantitative estimate of drug-likeness (QED) is 0.766. The first-order valence-corrected chi connectivity index (χ1v) is 7.86. The summed E-state index contributed by atoms with van der Waals surface area (Å²) < 4.78 is 0. The van der Waals surface area contributed by atoms with Gasteiger partial charge in [0, 0.05) is 18.5 Å². The largest absolute Gasteiger partial charge is 0.303 e. The third-order valence-electron chi connectivity index (χ3n) is 4.26. The van der Waals surface area contributed by atoms with E-state index >= 15 is 0 Å². The summed E-state index contributed by atoms with van der Waals surface area (Å²) in [6, 6.07) is 7.32. The van der Waals surface area contributed by atoms with Crippen molar-refractivity contribution in [1.82, 2.24) is 4.90 Å². The van der Waals surface area contributed by atoms with E-state index in [1.54, 1.807) is 6.07 Å². The molecule has 1 heterocycles. The molecule has 1 aliphatic heterocycles. The zero-order valence-electron chi connectivity index (χ0n) is 12.5. The number of benzene rings is 1. The number of hydrogen-bond donors (Lipinski definition) is 0. The lowest BCUT2D eigenvalue weighted by Crippen LogP contribution is -2.28. The number of hydrogen-bond acceptors (Lipinski definition) is 2. The highest BCUT2D eigenvalue weighted by Gasteiger charge is 2.23. The fourth-order valence-electron chi connectivity index (χ4n) is 2.78. The monoisotopic (exact) mass is 293 g/mol. The molecule has 0 N–H and O–H groups in total. The highest BCUT2D eigenvalue weighted by molar-refractivity contribution is 6.33. The molecule has 0 amide bonds. The predicted octanol–water partition coefficient (Wildman–Crippen LogP) is 4.42. The fraction of sp³-hybridized carbons (Fsp3) is 0.588. The Hall–Kier alpha value is -0.860. The van der Waals surface area contributed by atoms with Crippen LogP contribution in [0, 0.1) is 5.41 Å². The summed E-state index contributed by atoms with van der Waals surface area (Å²) >= 11 is 6.07. The van der Waals surface area contributed by atoms with Crippen molar-refractivity contribution in [3.63, 3.8) is 0 Å². The number of nitrogens with zero attached hydrogens (tertiary/aromatic N) is 1. The van der Waals surface area contributed by atoms with E-state index in [2.05, 4.69) is 18.7 Å². The molecule has 0 unspecified atom stereocenters. The standard InChI is InChI=1S/C17H24ClNO/c1-17(2)9-5-11-19(13-10-17)12-8-16(20)14-6-3-4-7-15(14)18/h3-4,6-7H,5,8-13H2,1-2H3. The van der Waals surface area contributed by atoms with E-state index < -0.39 is 0 Å². The van der Waals surface area contributed by atoms with Gasteiger partial charge in [0.15, 0.2) is 5.78 Å². The summed E-state index contributed by atoms with van der Waals surface area (Å²) in [5.41, 5.74) is 1.10. The first kappa shape index (κ1) is 15.5. The topological polar surface area (TPSA) is 20.3 Å². The van der Waals surface area contributed by atoms with Crippen molar-refractivity contribution < 1.29 is 4.79 Å². The second-order valence-electron chi connectivity index (χ2n) is 6.51. The molecule has 1 aromatic rings. The molecule has 1 fully saturated rings. The van der Waals surface area contributed by atoms with Crippen LogP contribution in [0.25, 0.3) is 0 Å². The van der Waals surface area contributed by atoms with Gasteiger partial charge < -0.3 is 4.90 Å². The first-order chi connectivity index (χ1) is 9.48. The highest BCUT2D eigenvalue weighted by Crippen LogP contribution is 2.29. The van der Waals surface area contributed by atoms with E-state index in [-0.39, 0.29) is 5.78 Å². The molecule has 2 nitrogen and oxygen atoms in total. The van der Waals surface area contributed by atoms with E-state index in [0.29, 0.717) is 22.4 Å². The Morgan fingerprint density at radius 1 is 1.25 bits per heavy atom. The van der Waals surface area contributed by atoms with Crippen molar-refractivity contribution in [2.75, 3.05) is 19.6 Å². The lowest BCUT2D eigenvalue weighted by Gasteiger charge is -2.23. The zero-order valence-corrected chi connectivity index (χ0v) is 13.2. The second kappa shape index (κ2) is 6.73. The van der Waals surface area contributed by atoms with Crippen molar-refractivity contribution in [3.8, 4) is 0 Å². The van der Waals surface area contributed by atoms with Crippen LogP contribution in [-0.2, 0) is 0 Å². The number of halogens is 1. The smallest absolute Gasteiger partial charge is 0.165 e. The summed E-state index contributed by atoms with van der Waals surface area (Å²) in [6.45, 7) is 7.74. The fourth-order valence-corrected chi connectivity index (χ4v) is 3.03. The third-order valence-corrected chi connectivity index (χ3v) is 4.59. The first-order valence-electron chi connectivity index (χ1n) is 7.48. The minimum absolute atomic E-state index is 0.152. The van der Waals surface area contributed by atoms with Crippen LogP contribution >= 0.6 is 11.6 Å². The number of Topliss-reactive ketones (excluding diaryl/α,β-unsaturated/α-hetero) is 1. The van der Waals surface area contributed by atoms with Gasteiger partial charge in [-0.1, -0.05) is 37.6 Å². The third kappa shape index (κ3) is 4.32. The predicted molar refractivity (Wildman–Crippen MR) is 84.5 cm³/mol. The van der Waals surface area contributed by atoms with Crippen LogP contribution in [-0.4, -0.2) is 30.3 Å². The van der Waals surface area contributed by atoms with Crippen molar-refractivity contribution >= 4 is 17.4 Å². The zero-order chi connectivity index (χ0) is 14.6. The lowest BCUT2D eigenvalue weighted by molar-refractivity contribution is 0.0964. The van der Waals surface area contributed by atoms with Gasteiger partial charge in [0.05, 0.1) is 5.02 Å². The molecule has 3 heteroatoms. The summed E-state index contributed by atoms with van der Waals surface area (Å²) in [4.78, 5) is 14.6. The lowest BCUT2D eigenvalue weighted by atomic mass is 9.85. The van der Waals surface area contributed by atoms with Gasteiger partial charge in [0.1, 0.15) is 0 Å². The Morgan fingerprint density at radius 2 is 2.00 bits per heavy atom. The molecule has 0 aliphatic carbocycles. The number of likely N-dealkylation sites (tertiary alicyclic amines) is 1. The highest BCUT2D eigenvalue weighted by atomic mass is 35.5. The van der Waals surface area contributed by atoms with E-state index in [9.17, 15) is 4.79 Å². The Bertz CT molecular complexity index is 470. The Kier molecular flexibility index (Phi) is 5.22.